The summed E-state index contributed by atoms with van der Waals surface area (Å²) >= 11 is 1.31. The van der Waals surface area contributed by atoms with Gasteiger partial charge in [0.1, 0.15) is 0 Å². The summed E-state index contributed by atoms with van der Waals surface area (Å²) in [6, 6.07) is 0. The second-order valence-corrected chi connectivity index (χ2v) is 5.25. The molecule has 0 aliphatic carbocycles. The van der Waals surface area contributed by atoms with Gasteiger partial charge in [-0.05, 0) is 26.3 Å². The van der Waals surface area contributed by atoms with Crippen LogP contribution in [0.5, 0.6) is 0 Å². The fourth-order valence-electron chi connectivity index (χ4n) is 2.07. The molecule has 0 radical (unpaired) electrons. The lowest BCUT2D eigenvalue weighted by atomic mass is 10.1. The number of esters is 1. The molecular weight excluding hydrogens is 252 g/mol. The first kappa shape index (κ1) is 13.5. The van der Waals surface area contributed by atoms with Gasteiger partial charge < -0.3 is 9.84 Å². The van der Waals surface area contributed by atoms with Crippen molar-refractivity contribution in [1.82, 2.24) is 9.88 Å². The Bertz CT molecular complexity index is 408. The number of piperidine rings is 1. The lowest BCUT2D eigenvalue weighted by molar-refractivity contribution is 0.0523. The Hall–Kier alpha value is -0.980. The Morgan fingerprint density at radius 3 is 3.28 bits per heavy atom. The molecule has 18 heavy (non-hydrogen) atoms. The summed E-state index contributed by atoms with van der Waals surface area (Å²) in [5.41, 5.74) is 0.872. The van der Waals surface area contributed by atoms with Gasteiger partial charge in [-0.2, -0.15) is 0 Å². The monoisotopic (exact) mass is 270 g/mol. The molecule has 2 rings (SSSR count). The van der Waals surface area contributed by atoms with Gasteiger partial charge in [-0.15, -0.1) is 11.3 Å². The third-order valence-corrected chi connectivity index (χ3v) is 3.74. The minimum Gasteiger partial charge on any atom is -0.461 e. The number of β-amino-alcohol motifs (C(OH)–C–C–N with tert-alkyl or cyclic N) is 1. The first-order valence-corrected chi connectivity index (χ1v) is 7.09. The Kier molecular flexibility index (Phi) is 4.68. The van der Waals surface area contributed by atoms with Gasteiger partial charge >= 0.3 is 5.97 Å². The highest BCUT2D eigenvalue weighted by atomic mass is 32.1. The van der Waals surface area contributed by atoms with Crippen LogP contribution >= 0.6 is 11.3 Å². The third-order valence-electron chi connectivity index (χ3n) is 2.87. The maximum Gasteiger partial charge on any atom is 0.367 e. The molecular formula is C12H18N2O3S. The number of aliphatic hydroxyl groups is 1. The lowest BCUT2D eigenvalue weighted by Crippen LogP contribution is -2.37. The summed E-state index contributed by atoms with van der Waals surface area (Å²) in [5.74, 6) is -0.354. The van der Waals surface area contributed by atoms with E-state index in [9.17, 15) is 9.90 Å². The largest absolute Gasteiger partial charge is 0.461 e. The summed E-state index contributed by atoms with van der Waals surface area (Å²) in [7, 11) is 0. The van der Waals surface area contributed by atoms with E-state index in [2.05, 4.69) is 9.88 Å². The lowest BCUT2D eigenvalue weighted by Gasteiger charge is -2.29. The van der Waals surface area contributed by atoms with Gasteiger partial charge in [-0.1, -0.05) is 0 Å². The van der Waals surface area contributed by atoms with Crippen molar-refractivity contribution in [3.8, 4) is 0 Å². The molecule has 0 aromatic carbocycles. The third kappa shape index (κ3) is 3.51. The molecule has 1 aliphatic heterocycles. The van der Waals surface area contributed by atoms with Gasteiger partial charge in [0.05, 0.1) is 18.4 Å². The van der Waals surface area contributed by atoms with E-state index in [4.69, 9.17) is 4.74 Å². The van der Waals surface area contributed by atoms with Gasteiger partial charge in [0.2, 0.25) is 5.01 Å². The SMILES string of the molecule is CCOC(=O)c1nc(CN2CCCC(O)C2)cs1. The molecule has 100 valence electrons. The molecule has 0 spiro atoms. The Morgan fingerprint density at radius 1 is 1.72 bits per heavy atom. The molecule has 0 saturated carbocycles. The number of nitrogens with zero attached hydrogens (tertiary/aromatic N) is 2. The minimum absolute atomic E-state index is 0.234. The smallest absolute Gasteiger partial charge is 0.367 e. The normalized spacial score (nSPS) is 20.9. The van der Waals surface area contributed by atoms with E-state index in [-0.39, 0.29) is 12.1 Å². The van der Waals surface area contributed by atoms with Gasteiger partial charge in [0.25, 0.3) is 0 Å². The molecule has 5 nitrogen and oxygen atoms in total. The summed E-state index contributed by atoms with van der Waals surface area (Å²) < 4.78 is 4.90. The first-order valence-electron chi connectivity index (χ1n) is 6.21. The maximum atomic E-state index is 11.5. The van der Waals surface area contributed by atoms with Crippen LogP contribution in [0.1, 0.15) is 35.3 Å². The van der Waals surface area contributed by atoms with E-state index in [1.807, 2.05) is 5.38 Å². The van der Waals surface area contributed by atoms with Crippen LogP contribution in [0.2, 0.25) is 0 Å². The molecule has 0 bridgehead atoms. The van der Waals surface area contributed by atoms with Crippen LogP contribution in [0.25, 0.3) is 0 Å². The summed E-state index contributed by atoms with van der Waals surface area (Å²) in [5, 5.41) is 11.9. The van der Waals surface area contributed by atoms with Crippen molar-refractivity contribution in [2.45, 2.75) is 32.4 Å². The topological polar surface area (TPSA) is 62.7 Å². The number of likely N-dealkylation sites (tertiary alicyclic amines) is 1. The molecule has 1 aliphatic rings. The number of carbonyl (C=O) groups excluding carboxylic acids is 1. The number of ether oxygens (including phenoxy) is 1. The fraction of sp³-hybridized carbons (Fsp3) is 0.667. The fourth-order valence-corrected chi connectivity index (χ4v) is 2.77. The predicted octanol–water partition coefficient (Wildman–Crippen LogP) is 1.28. The Balaban J connectivity index is 1.91. The first-order chi connectivity index (χ1) is 8.69. The van der Waals surface area contributed by atoms with Gasteiger partial charge in [0, 0.05) is 18.5 Å². The van der Waals surface area contributed by atoms with Crippen molar-refractivity contribution in [1.29, 1.82) is 0 Å². The Morgan fingerprint density at radius 2 is 2.56 bits per heavy atom. The van der Waals surface area contributed by atoms with E-state index in [1.54, 1.807) is 6.92 Å². The number of thiazole rings is 1. The summed E-state index contributed by atoms with van der Waals surface area (Å²) in [4.78, 5) is 17.9. The molecule has 1 unspecified atom stereocenters. The van der Waals surface area contributed by atoms with Crippen LogP contribution in [-0.2, 0) is 11.3 Å². The number of aliphatic hydroxyl groups excluding tert-OH is 1. The van der Waals surface area contributed by atoms with Crippen molar-refractivity contribution in [3.05, 3.63) is 16.1 Å². The van der Waals surface area contributed by atoms with Crippen LogP contribution in [-0.4, -0.2) is 46.8 Å². The second-order valence-electron chi connectivity index (χ2n) is 4.40. The second kappa shape index (κ2) is 6.26. The van der Waals surface area contributed by atoms with Crippen LogP contribution in [0.15, 0.2) is 5.38 Å². The predicted molar refractivity (Wildman–Crippen MR) is 68.6 cm³/mol. The maximum absolute atomic E-state index is 11.5. The van der Waals surface area contributed by atoms with E-state index in [1.165, 1.54) is 11.3 Å². The zero-order valence-electron chi connectivity index (χ0n) is 10.5. The molecule has 1 aromatic rings. The molecule has 2 heterocycles. The number of hydrogen-bond donors (Lipinski definition) is 1. The highest BCUT2D eigenvalue weighted by molar-refractivity contribution is 7.11. The van der Waals surface area contributed by atoms with Crippen molar-refractivity contribution in [3.63, 3.8) is 0 Å². The zero-order chi connectivity index (χ0) is 13.0. The number of aromatic nitrogens is 1. The van der Waals surface area contributed by atoms with E-state index >= 15 is 0 Å². The highest BCUT2D eigenvalue weighted by Crippen LogP contribution is 2.16. The van der Waals surface area contributed by atoms with Gasteiger partial charge in [-0.3, -0.25) is 4.90 Å². The number of carbonyl (C=O) groups is 1. The van der Waals surface area contributed by atoms with Crippen LogP contribution in [0, 0.1) is 0 Å². The molecule has 1 saturated heterocycles. The minimum atomic E-state index is -0.354. The number of rotatable bonds is 4. The molecule has 1 fully saturated rings. The quantitative estimate of drug-likeness (QED) is 0.835. The molecule has 1 N–H and O–H groups in total. The van der Waals surface area contributed by atoms with Crippen molar-refractivity contribution in [2.24, 2.45) is 0 Å². The van der Waals surface area contributed by atoms with Crippen LogP contribution in [0.4, 0.5) is 0 Å². The van der Waals surface area contributed by atoms with Crippen LogP contribution in [0.3, 0.4) is 0 Å². The van der Waals surface area contributed by atoms with Gasteiger partial charge in [0.15, 0.2) is 0 Å². The summed E-state index contributed by atoms with van der Waals surface area (Å²) in [6.07, 6.45) is 1.65. The van der Waals surface area contributed by atoms with E-state index in [0.717, 1.165) is 25.1 Å². The van der Waals surface area contributed by atoms with Crippen molar-refractivity contribution in [2.75, 3.05) is 19.7 Å². The van der Waals surface area contributed by atoms with Crippen molar-refractivity contribution >= 4 is 17.3 Å². The average molecular weight is 270 g/mol. The highest BCUT2D eigenvalue weighted by Gasteiger charge is 2.19. The molecule has 0 amide bonds. The van der Waals surface area contributed by atoms with E-state index in [0.29, 0.717) is 24.7 Å². The molecule has 1 aromatic heterocycles. The molecule has 1 atom stereocenters. The van der Waals surface area contributed by atoms with Crippen LogP contribution < -0.4 is 0 Å². The number of hydrogen-bond acceptors (Lipinski definition) is 6. The van der Waals surface area contributed by atoms with Gasteiger partial charge in [-0.25, -0.2) is 9.78 Å². The Labute approximate surface area is 110 Å². The average Bonchev–Trinajstić information content (AvgIpc) is 2.78. The zero-order valence-corrected chi connectivity index (χ0v) is 11.3. The van der Waals surface area contributed by atoms with E-state index < -0.39 is 0 Å². The van der Waals surface area contributed by atoms with Crippen molar-refractivity contribution < 1.29 is 14.6 Å². The standard InChI is InChI=1S/C12H18N2O3S/c1-2-17-12(16)11-13-9(8-18-11)6-14-5-3-4-10(15)7-14/h8,10,15H,2-7H2,1H3. The summed E-state index contributed by atoms with van der Waals surface area (Å²) in [6.45, 7) is 4.50. The molecule has 6 heteroatoms.